The van der Waals surface area contributed by atoms with Crippen molar-refractivity contribution in [2.75, 3.05) is 0 Å². The summed E-state index contributed by atoms with van der Waals surface area (Å²) in [5, 5.41) is 59.3. The summed E-state index contributed by atoms with van der Waals surface area (Å²) in [7, 11) is 0. The van der Waals surface area contributed by atoms with Gasteiger partial charge in [-0.1, -0.05) is 0 Å². The third-order valence-corrected chi connectivity index (χ3v) is 0. The second-order valence-corrected chi connectivity index (χ2v) is 4.15. The van der Waals surface area contributed by atoms with Crippen molar-refractivity contribution < 1.29 is 100 Å². The molecule has 0 radical (unpaired) electrons. The molecule has 0 spiro atoms. The van der Waals surface area contributed by atoms with Crippen molar-refractivity contribution in [1.29, 1.82) is 0 Å². The Labute approximate surface area is 203 Å². The van der Waals surface area contributed by atoms with Crippen molar-refractivity contribution in [2.24, 2.45) is 0 Å². The Kier molecular flexibility index (Phi) is 88.5. The molecule has 0 saturated heterocycles. The first kappa shape index (κ1) is 57.0. The normalized spacial score (nSPS) is 6.06. The summed E-state index contributed by atoms with van der Waals surface area (Å²) >= 11 is 0. The quantitative estimate of drug-likeness (QED) is 0.175. The van der Waals surface area contributed by atoms with Crippen LogP contribution >= 0.6 is 0 Å². The minimum Gasteiger partial charge on any atom is -0.481 e. The second kappa shape index (κ2) is 51.3. The van der Waals surface area contributed by atoms with E-state index in [1.807, 2.05) is 0 Å². The molecule has 0 aliphatic carbocycles. The number of hydrogen-bond donors (Lipinski definition) is 8. The van der Waals surface area contributed by atoms with Crippen LogP contribution < -0.4 is 0 Å². The predicted octanol–water partition coefficient (Wildman–Crippen LogP) is 0.725. The van der Waals surface area contributed by atoms with E-state index in [1.165, 1.54) is 0 Å². The molecule has 0 atom stereocenters. The van der Waals surface area contributed by atoms with Crippen LogP contribution in [-0.4, -0.2) is 88.6 Å². The Hall–Kier alpha value is -3.55. The largest absolute Gasteiger partial charge is 0.481 e. The fourth-order valence-electron chi connectivity index (χ4n) is 0. The monoisotopic (exact) mass is 675 g/mol. The van der Waals surface area contributed by atoms with E-state index in [4.69, 9.17) is 79.2 Å². The molecular weight excluding hydrogens is 643 g/mol. The van der Waals surface area contributed by atoms with Crippen LogP contribution in [0.2, 0.25) is 0 Å². The molecule has 0 unspecified atom stereocenters. The molecule has 0 fully saturated rings. The zero-order chi connectivity index (χ0) is 28.6. The number of carboxylic acid groups (broad SMARTS) is 8. The number of carbonyl (C=O) groups is 8. The minimum absolute atomic E-state index is 0. The molecule has 0 aliphatic heterocycles. The van der Waals surface area contributed by atoms with E-state index in [1.54, 1.807) is 0 Å². The molecule has 8 N–H and O–H groups in total. The summed E-state index contributed by atoms with van der Waals surface area (Å²) in [5.41, 5.74) is 0. The maximum Gasteiger partial charge on any atom is 0.300 e. The summed E-state index contributed by atoms with van der Waals surface area (Å²) in [5.74, 6) is -6.67. The molecule has 16 nitrogen and oxygen atoms in total. The van der Waals surface area contributed by atoms with Crippen LogP contribution in [0.1, 0.15) is 55.4 Å². The Morgan fingerprint density at radius 2 is 0.273 bits per heavy atom. The van der Waals surface area contributed by atoms with Gasteiger partial charge >= 0.3 is 0 Å². The Morgan fingerprint density at radius 1 is 0.273 bits per heavy atom. The van der Waals surface area contributed by atoms with Crippen molar-refractivity contribution >= 4 is 47.8 Å². The van der Waals surface area contributed by atoms with Crippen LogP contribution in [0.3, 0.4) is 0 Å². The van der Waals surface area contributed by atoms with Gasteiger partial charge in [0.1, 0.15) is 0 Å². The van der Waals surface area contributed by atoms with E-state index in [2.05, 4.69) is 0 Å². The van der Waals surface area contributed by atoms with E-state index in [0.29, 0.717) is 0 Å². The van der Waals surface area contributed by atoms with Gasteiger partial charge in [0, 0.05) is 76.5 Å². The van der Waals surface area contributed by atoms with E-state index in [-0.39, 0.29) is 21.1 Å². The summed E-state index contributed by atoms with van der Waals surface area (Å²) < 4.78 is 0. The fraction of sp³-hybridized carbons (Fsp3) is 0.500. The SMILES string of the molecule is CC(=O)O.CC(=O)O.CC(=O)O.CC(=O)O.CC(=O)O.CC(=O)O.CC(=O)O.CC(=O)O.[Pt]. The van der Waals surface area contributed by atoms with Gasteiger partial charge in [-0.15, -0.1) is 0 Å². The summed E-state index contributed by atoms with van der Waals surface area (Å²) in [4.78, 5) is 72.0. The first-order valence-electron chi connectivity index (χ1n) is 7.42. The third-order valence-electron chi connectivity index (χ3n) is 0. The van der Waals surface area contributed by atoms with Crippen LogP contribution in [0.5, 0.6) is 0 Å². The van der Waals surface area contributed by atoms with E-state index < -0.39 is 47.8 Å². The molecule has 0 heterocycles. The van der Waals surface area contributed by atoms with Crippen molar-refractivity contribution in [3.05, 3.63) is 0 Å². The van der Waals surface area contributed by atoms with Gasteiger partial charge in [-0.25, -0.2) is 0 Å². The zero-order valence-corrected chi connectivity index (χ0v) is 21.4. The van der Waals surface area contributed by atoms with E-state index >= 15 is 0 Å². The summed E-state index contributed by atoms with van der Waals surface area (Å²) in [6.45, 7) is 8.67. The smallest absolute Gasteiger partial charge is 0.300 e. The molecule has 0 bridgehead atoms. The van der Waals surface area contributed by atoms with Crippen LogP contribution in [0.25, 0.3) is 0 Å². The predicted molar refractivity (Wildman–Crippen MR) is 106 cm³/mol. The van der Waals surface area contributed by atoms with Crippen molar-refractivity contribution in [2.45, 2.75) is 55.4 Å². The molecule has 17 heteroatoms. The second-order valence-electron chi connectivity index (χ2n) is 4.15. The van der Waals surface area contributed by atoms with E-state index in [9.17, 15) is 0 Å². The maximum absolute atomic E-state index is 9.00. The minimum atomic E-state index is -0.833. The topological polar surface area (TPSA) is 298 Å². The average Bonchev–Trinajstić information content (AvgIpc) is 2.30. The van der Waals surface area contributed by atoms with Crippen molar-refractivity contribution in [3.63, 3.8) is 0 Å². The standard InChI is InChI=1S/8C2H4O2.Pt/c8*1-2(3)4;/h8*1H3,(H,3,4);. The van der Waals surface area contributed by atoms with Gasteiger partial charge < -0.3 is 40.9 Å². The molecule has 0 saturated carbocycles. The molecule has 0 aromatic heterocycles. The Bertz CT molecular complexity index is 367. The van der Waals surface area contributed by atoms with Crippen molar-refractivity contribution in [3.8, 4) is 0 Å². The number of carboxylic acids is 8. The molecule has 0 rings (SSSR count). The van der Waals surface area contributed by atoms with Crippen molar-refractivity contribution in [1.82, 2.24) is 0 Å². The Morgan fingerprint density at radius 3 is 0.273 bits per heavy atom. The summed E-state index contributed by atoms with van der Waals surface area (Å²) in [6.07, 6.45) is 0. The van der Waals surface area contributed by atoms with Gasteiger partial charge in [-0.2, -0.15) is 0 Å². The first-order chi connectivity index (χ1) is 13.9. The van der Waals surface area contributed by atoms with Crippen LogP contribution in [-0.2, 0) is 59.4 Å². The molecule has 0 aromatic carbocycles. The summed E-state index contributed by atoms with van der Waals surface area (Å²) in [6, 6.07) is 0. The molecule has 0 aromatic rings. The van der Waals surface area contributed by atoms with Gasteiger partial charge in [0.25, 0.3) is 47.8 Å². The molecule has 0 amide bonds. The molecule has 33 heavy (non-hydrogen) atoms. The van der Waals surface area contributed by atoms with Gasteiger partial charge in [-0.3, -0.25) is 38.4 Å². The average molecular weight is 675 g/mol. The van der Waals surface area contributed by atoms with E-state index in [0.717, 1.165) is 55.4 Å². The molecule has 202 valence electrons. The Balaban J connectivity index is -0.0000000284. The number of hydrogen-bond acceptors (Lipinski definition) is 8. The van der Waals surface area contributed by atoms with Crippen LogP contribution in [0.15, 0.2) is 0 Å². The van der Waals surface area contributed by atoms with Crippen LogP contribution in [0.4, 0.5) is 0 Å². The maximum atomic E-state index is 9.00. The molecular formula is C16H32O16Pt. The zero-order valence-electron chi connectivity index (χ0n) is 19.2. The first-order valence-corrected chi connectivity index (χ1v) is 7.42. The van der Waals surface area contributed by atoms with Gasteiger partial charge in [0.15, 0.2) is 0 Å². The van der Waals surface area contributed by atoms with Gasteiger partial charge in [0.05, 0.1) is 0 Å². The fourth-order valence-corrected chi connectivity index (χ4v) is 0. The van der Waals surface area contributed by atoms with Gasteiger partial charge in [0.2, 0.25) is 0 Å². The van der Waals surface area contributed by atoms with Gasteiger partial charge in [-0.05, 0) is 0 Å². The number of aliphatic carboxylic acids is 8. The third kappa shape index (κ3) is 1580. The van der Waals surface area contributed by atoms with Crippen LogP contribution in [0, 0.1) is 0 Å². The number of rotatable bonds is 0. The molecule has 0 aliphatic rings.